The molecule has 3 rings (SSSR count). The van der Waals surface area contributed by atoms with Crippen LogP contribution in [0.4, 0.5) is 0 Å². The lowest BCUT2D eigenvalue weighted by molar-refractivity contribution is -0.143. The van der Waals surface area contributed by atoms with E-state index in [2.05, 4.69) is 20.7 Å². The number of halogens is 1. The number of hydrogen-bond acceptors (Lipinski definition) is 5. The largest absolute Gasteiger partial charge is 0.468 e. The number of benzene rings is 2. The lowest BCUT2D eigenvalue weighted by Crippen LogP contribution is -2.42. The number of hydrogen-bond donors (Lipinski definition) is 1. The molecule has 0 amide bonds. The maximum Gasteiger partial charge on any atom is 0.323 e. The smallest absolute Gasteiger partial charge is 0.323 e. The number of rotatable bonds is 6. The second-order valence-corrected chi connectivity index (χ2v) is 9.36. The fraction of sp³-hybridized carbons (Fsp3) is 0.316. The van der Waals surface area contributed by atoms with Gasteiger partial charge < -0.3 is 9.15 Å². The van der Waals surface area contributed by atoms with Crippen LogP contribution < -0.4 is 4.72 Å². The molecule has 27 heavy (non-hydrogen) atoms. The van der Waals surface area contributed by atoms with Crippen LogP contribution in [-0.2, 0) is 19.6 Å². The van der Waals surface area contributed by atoms with E-state index in [1.54, 1.807) is 12.1 Å². The Bertz CT molecular complexity index is 1100. The fourth-order valence-corrected chi connectivity index (χ4v) is 4.52. The minimum absolute atomic E-state index is 0.0678. The molecule has 6 nitrogen and oxygen atoms in total. The van der Waals surface area contributed by atoms with Crippen molar-refractivity contribution in [3.8, 4) is 0 Å². The monoisotopic (exact) mass is 453 g/mol. The van der Waals surface area contributed by atoms with Gasteiger partial charge in [-0.05, 0) is 48.7 Å². The van der Waals surface area contributed by atoms with Crippen LogP contribution in [0.2, 0.25) is 0 Å². The summed E-state index contributed by atoms with van der Waals surface area (Å²) in [5.41, 5.74) is 1.25. The molecule has 0 spiro atoms. The third-order valence-corrected chi connectivity index (χ3v) is 6.17. The van der Waals surface area contributed by atoms with Crippen LogP contribution in [0, 0.1) is 5.92 Å². The lowest BCUT2D eigenvalue weighted by atomic mass is 10.1. The minimum atomic E-state index is -3.91. The van der Waals surface area contributed by atoms with E-state index in [-0.39, 0.29) is 10.8 Å². The number of methoxy groups -OCH3 is 1. The van der Waals surface area contributed by atoms with Crippen molar-refractivity contribution in [1.29, 1.82) is 0 Å². The zero-order valence-electron chi connectivity index (χ0n) is 15.2. The van der Waals surface area contributed by atoms with Gasteiger partial charge in [-0.15, -0.1) is 0 Å². The molecular weight excluding hydrogens is 434 g/mol. The van der Waals surface area contributed by atoms with Gasteiger partial charge in [-0.1, -0.05) is 29.8 Å². The van der Waals surface area contributed by atoms with Crippen LogP contribution in [0.5, 0.6) is 0 Å². The van der Waals surface area contributed by atoms with E-state index in [1.165, 1.54) is 13.2 Å². The third kappa shape index (κ3) is 4.17. The van der Waals surface area contributed by atoms with Gasteiger partial charge in [-0.2, -0.15) is 4.72 Å². The van der Waals surface area contributed by atoms with Crippen molar-refractivity contribution in [3.63, 3.8) is 0 Å². The number of furan rings is 1. The maximum absolute atomic E-state index is 12.8. The standard InChI is InChI=1S/C19H20BrNO5S/c1-11(2)8-16(19(22)25-3)21-27(23,24)13-5-7-17-15(10-13)14-6-4-12(20)9-18(14)26-17/h4-7,9-11,16,21H,8H2,1-3H3/t16-/m0/s1. The highest BCUT2D eigenvalue weighted by molar-refractivity contribution is 9.10. The van der Waals surface area contributed by atoms with Crippen molar-refractivity contribution >= 4 is 53.9 Å². The molecule has 0 aliphatic heterocycles. The summed E-state index contributed by atoms with van der Waals surface area (Å²) in [5.74, 6) is -0.484. The average molecular weight is 454 g/mol. The lowest BCUT2D eigenvalue weighted by Gasteiger charge is -2.18. The topological polar surface area (TPSA) is 85.6 Å². The van der Waals surface area contributed by atoms with Gasteiger partial charge in [0.25, 0.3) is 0 Å². The molecule has 3 aromatic rings. The molecule has 1 aromatic heterocycles. The predicted octanol–water partition coefficient (Wildman–Crippen LogP) is 4.21. The van der Waals surface area contributed by atoms with E-state index in [9.17, 15) is 13.2 Å². The molecule has 0 aliphatic rings. The van der Waals surface area contributed by atoms with E-state index in [0.29, 0.717) is 23.0 Å². The molecule has 8 heteroatoms. The quantitative estimate of drug-likeness (QED) is 0.564. The molecule has 2 aromatic carbocycles. The molecule has 0 saturated carbocycles. The summed E-state index contributed by atoms with van der Waals surface area (Å²) in [6, 6.07) is 9.27. The molecule has 0 bridgehead atoms. The van der Waals surface area contributed by atoms with Crippen LogP contribution in [0.15, 0.2) is 50.2 Å². The van der Waals surface area contributed by atoms with Gasteiger partial charge in [0.1, 0.15) is 17.2 Å². The highest BCUT2D eigenvalue weighted by Crippen LogP contribution is 2.32. The van der Waals surface area contributed by atoms with E-state index in [1.807, 2.05) is 32.0 Å². The van der Waals surface area contributed by atoms with Crippen molar-refractivity contribution in [2.75, 3.05) is 7.11 Å². The Morgan fingerprint density at radius 1 is 1.15 bits per heavy atom. The summed E-state index contributed by atoms with van der Waals surface area (Å²) in [6.07, 6.45) is 0.344. The molecule has 144 valence electrons. The van der Waals surface area contributed by atoms with E-state index in [4.69, 9.17) is 9.15 Å². The first-order valence-electron chi connectivity index (χ1n) is 8.43. The van der Waals surface area contributed by atoms with Gasteiger partial charge in [0.2, 0.25) is 10.0 Å². The normalized spacial score (nSPS) is 13.4. The number of nitrogens with one attached hydrogen (secondary N) is 1. The summed E-state index contributed by atoms with van der Waals surface area (Å²) in [7, 11) is -2.67. The van der Waals surface area contributed by atoms with Crippen LogP contribution in [0.1, 0.15) is 20.3 Å². The third-order valence-electron chi connectivity index (χ3n) is 4.21. The van der Waals surface area contributed by atoms with E-state index < -0.39 is 22.0 Å². The zero-order chi connectivity index (χ0) is 19.8. The Hall–Kier alpha value is -1.90. The number of carbonyl (C=O) groups excluding carboxylic acids is 1. The molecular formula is C19H20BrNO5S. The van der Waals surface area contributed by atoms with Crippen LogP contribution >= 0.6 is 15.9 Å². The molecule has 0 saturated heterocycles. The SMILES string of the molecule is COC(=O)[C@H](CC(C)C)NS(=O)(=O)c1ccc2oc3cc(Br)ccc3c2c1. The van der Waals surface area contributed by atoms with Crippen LogP contribution in [0.3, 0.4) is 0 Å². The molecule has 0 radical (unpaired) electrons. The summed E-state index contributed by atoms with van der Waals surface area (Å²) in [5, 5.41) is 1.51. The Kier molecular flexibility index (Phi) is 5.60. The van der Waals surface area contributed by atoms with Gasteiger partial charge in [0.05, 0.1) is 12.0 Å². The van der Waals surface area contributed by atoms with E-state index in [0.717, 1.165) is 9.86 Å². The van der Waals surface area contributed by atoms with Crippen molar-refractivity contribution in [3.05, 3.63) is 40.9 Å². The Morgan fingerprint density at radius 3 is 2.56 bits per heavy atom. The van der Waals surface area contributed by atoms with Crippen LogP contribution in [-0.4, -0.2) is 27.5 Å². The second kappa shape index (κ2) is 7.61. The van der Waals surface area contributed by atoms with Crippen molar-refractivity contribution < 1.29 is 22.4 Å². The Morgan fingerprint density at radius 2 is 1.89 bits per heavy atom. The molecule has 0 unspecified atom stereocenters. The summed E-state index contributed by atoms with van der Waals surface area (Å²) in [6.45, 7) is 3.82. The maximum atomic E-state index is 12.8. The van der Waals surface area contributed by atoms with Crippen molar-refractivity contribution in [2.24, 2.45) is 5.92 Å². The molecule has 1 atom stereocenters. The summed E-state index contributed by atoms with van der Waals surface area (Å²) < 4.78 is 39.5. The highest BCUT2D eigenvalue weighted by Gasteiger charge is 2.27. The van der Waals surface area contributed by atoms with E-state index >= 15 is 0 Å². The summed E-state index contributed by atoms with van der Waals surface area (Å²) in [4.78, 5) is 12.0. The van der Waals surface area contributed by atoms with Gasteiger partial charge in [-0.3, -0.25) is 4.79 Å². The van der Waals surface area contributed by atoms with Gasteiger partial charge >= 0.3 is 5.97 Å². The molecule has 1 heterocycles. The van der Waals surface area contributed by atoms with Crippen LogP contribution in [0.25, 0.3) is 21.9 Å². The van der Waals surface area contributed by atoms with Crippen molar-refractivity contribution in [1.82, 2.24) is 4.72 Å². The molecule has 1 N–H and O–H groups in total. The Balaban J connectivity index is 2.01. The number of sulfonamides is 1. The fourth-order valence-electron chi connectivity index (χ4n) is 2.96. The molecule has 0 fully saturated rings. The second-order valence-electron chi connectivity index (χ2n) is 6.73. The number of fused-ring (bicyclic) bond motifs is 3. The van der Waals surface area contributed by atoms with Gasteiger partial charge in [0, 0.05) is 15.2 Å². The van der Waals surface area contributed by atoms with Crippen molar-refractivity contribution in [2.45, 2.75) is 31.2 Å². The molecule has 0 aliphatic carbocycles. The average Bonchev–Trinajstić information content (AvgIpc) is 2.96. The number of carbonyl (C=O) groups is 1. The zero-order valence-corrected chi connectivity index (χ0v) is 17.6. The first-order chi connectivity index (χ1) is 12.7. The first-order valence-corrected chi connectivity index (χ1v) is 10.7. The van der Waals surface area contributed by atoms with Gasteiger partial charge in [0.15, 0.2) is 0 Å². The predicted molar refractivity (Wildman–Crippen MR) is 107 cm³/mol. The number of ether oxygens (including phenoxy) is 1. The number of esters is 1. The highest BCUT2D eigenvalue weighted by atomic mass is 79.9. The Labute approximate surface area is 166 Å². The summed E-state index contributed by atoms with van der Waals surface area (Å²) >= 11 is 3.39. The van der Waals surface area contributed by atoms with Gasteiger partial charge in [-0.25, -0.2) is 8.42 Å². The first kappa shape index (κ1) is 19.9. The minimum Gasteiger partial charge on any atom is -0.468 e.